The van der Waals surface area contributed by atoms with Gasteiger partial charge in [0.2, 0.25) is 0 Å². The molecule has 0 amide bonds. The van der Waals surface area contributed by atoms with E-state index in [0.29, 0.717) is 5.69 Å². The number of para-hydroxylation sites is 1. The van der Waals surface area contributed by atoms with E-state index in [1.807, 2.05) is 19.1 Å². The molecule has 2 rings (SSSR count). The van der Waals surface area contributed by atoms with Crippen molar-refractivity contribution in [2.75, 3.05) is 4.72 Å². The highest BCUT2D eigenvalue weighted by atomic mass is 35.5. The van der Waals surface area contributed by atoms with Gasteiger partial charge >= 0.3 is 0 Å². The fraction of sp³-hybridized carbons (Fsp3) is 0.100. The van der Waals surface area contributed by atoms with Crippen LogP contribution in [0.25, 0.3) is 0 Å². The van der Waals surface area contributed by atoms with E-state index in [9.17, 15) is 8.42 Å². The summed E-state index contributed by atoms with van der Waals surface area (Å²) in [7, 11) is -3.59. The summed E-state index contributed by atoms with van der Waals surface area (Å²) in [5.74, 6) is 0. The molecule has 1 aromatic carbocycles. The highest BCUT2D eigenvalue weighted by Gasteiger charge is 2.18. The van der Waals surface area contributed by atoms with Crippen LogP contribution in [0.3, 0.4) is 0 Å². The number of sulfonamides is 1. The van der Waals surface area contributed by atoms with Crippen molar-refractivity contribution in [1.29, 1.82) is 0 Å². The molecule has 0 atom stereocenters. The van der Waals surface area contributed by atoms with Crippen molar-refractivity contribution >= 4 is 38.6 Å². The summed E-state index contributed by atoms with van der Waals surface area (Å²) in [6, 6.07) is 7.15. The summed E-state index contributed by atoms with van der Waals surface area (Å²) in [4.78, 5) is 3.71. The van der Waals surface area contributed by atoms with Gasteiger partial charge in [0, 0.05) is 0 Å². The van der Waals surface area contributed by atoms with E-state index >= 15 is 0 Å². The van der Waals surface area contributed by atoms with E-state index in [1.54, 1.807) is 12.1 Å². The van der Waals surface area contributed by atoms with Gasteiger partial charge in [-0.15, -0.1) is 0 Å². The van der Waals surface area contributed by atoms with Gasteiger partial charge in [-0.25, -0.2) is 13.4 Å². The molecule has 0 radical (unpaired) electrons. The number of nitrogens with zero attached hydrogens (tertiary/aromatic N) is 1. The van der Waals surface area contributed by atoms with Gasteiger partial charge in [-0.1, -0.05) is 41.1 Å². The molecule has 0 saturated heterocycles. The summed E-state index contributed by atoms with van der Waals surface area (Å²) < 4.78 is 26.7. The van der Waals surface area contributed by atoms with Crippen LogP contribution in [-0.4, -0.2) is 13.4 Å². The molecule has 0 aliphatic heterocycles. The molecule has 0 spiro atoms. The first-order valence-corrected chi connectivity index (χ1v) is 7.36. The molecule has 4 nitrogen and oxygen atoms in total. The van der Waals surface area contributed by atoms with Crippen molar-refractivity contribution in [3.63, 3.8) is 0 Å². The monoisotopic (exact) mass is 288 g/mol. The number of rotatable bonds is 3. The van der Waals surface area contributed by atoms with Gasteiger partial charge in [0.1, 0.15) is 0 Å². The zero-order valence-corrected chi connectivity index (χ0v) is 11.2. The van der Waals surface area contributed by atoms with Crippen molar-refractivity contribution in [2.24, 2.45) is 0 Å². The lowest BCUT2D eigenvalue weighted by atomic mass is 10.2. The second-order valence-electron chi connectivity index (χ2n) is 3.35. The Morgan fingerprint density at radius 2 is 2.06 bits per heavy atom. The third-order valence-electron chi connectivity index (χ3n) is 2.11. The van der Waals surface area contributed by atoms with Gasteiger partial charge in [0.25, 0.3) is 10.0 Å². The highest BCUT2D eigenvalue weighted by Crippen LogP contribution is 2.25. The molecule has 0 fully saturated rings. The first-order chi connectivity index (χ1) is 7.99. The molecular weight excluding hydrogens is 280 g/mol. The summed E-state index contributed by atoms with van der Waals surface area (Å²) in [6.07, 6.45) is 1.24. The van der Waals surface area contributed by atoms with Gasteiger partial charge in [-0.2, -0.15) is 0 Å². The topological polar surface area (TPSA) is 59.1 Å². The predicted molar refractivity (Wildman–Crippen MR) is 69.1 cm³/mol. The minimum absolute atomic E-state index is 0.103. The van der Waals surface area contributed by atoms with Crippen molar-refractivity contribution in [1.82, 2.24) is 4.98 Å². The number of hydrogen-bond acceptors (Lipinski definition) is 4. The number of anilines is 1. The smallest absolute Gasteiger partial charge is 0.273 e. The van der Waals surface area contributed by atoms with Crippen LogP contribution in [0.15, 0.2) is 34.7 Å². The molecule has 2 aromatic rings. The van der Waals surface area contributed by atoms with Crippen LogP contribution in [0.2, 0.25) is 4.47 Å². The van der Waals surface area contributed by atoms with Crippen molar-refractivity contribution in [3.05, 3.63) is 40.5 Å². The van der Waals surface area contributed by atoms with E-state index in [1.165, 1.54) is 6.20 Å². The number of nitrogens with one attached hydrogen (secondary N) is 1. The molecule has 7 heteroatoms. The second-order valence-corrected chi connectivity index (χ2v) is 6.87. The quantitative estimate of drug-likeness (QED) is 0.945. The van der Waals surface area contributed by atoms with Crippen LogP contribution in [0, 0.1) is 6.92 Å². The van der Waals surface area contributed by atoms with Crippen molar-refractivity contribution in [3.8, 4) is 0 Å². The fourth-order valence-corrected chi connectivity index (χ4v) is 3.67. The maximum absolute atomic E-state index is 12.0. The third kappa shape index (κ3) is 2.77. The molecule has 1 aromatic heterocycles. The molecule has 0 unspecified atom stereocenters. The Labute approximate surface area is 108 Å². The largest absolute Gasteiger partial charge is 0.279 e. The Kier molecular flexibility index (Phi) is 3.37. The van der Waals surface area contributed by atoms with Crippen LogP contribution in [0.5, 0.6) is 0 Å². The molecule has 90 valence electrons. The number of benzene rings is 1. The first kappa shape index (κ1) is 12.3. The van der Waals surface area contributed by atoms with Crippen LogP contribution < -0.4 is 4.72 Å². The summed E-state index contributed by atoms with van der Waals surface area (Å²) in [5.41, 5.74) is 1.41. The molecule has 0 saturated carbocycles. The molecule has 1 N–H and O–H groups in total. The Hall–Kier alpha value is -1.11. The zero-order valence-electron chi connectivity index (χ0n) is 8.84. The lowest BCUT2D eigenvalue weighted by Gasteiger charge is -2.08. The number of hydrogen-bond donors (Lipinski definition) is 1. The Balaban J connectivity index is 2.33. The van der Waals surface area contributed by atoms with Gasteiger partial charge in [-0.05, 0) is 18.6 Å². The van der Waals surface area contributed by atoms with Gasteiger partial charge in [0.15, 0.2) is 8.68 Å². The van der Waals surface area contributed by atoms with E-state index in [2.05, 4.69) is 9.71 Å². The fourth-order valence-electron chi connectivity index (χ4n) is 1.25. The normalized spacial score (nSPS) is 11.4. The molecule has 0 bridgehead atoms. The lowest BCUT2D eigenvalue weighted by Crippen LogP contribution is -2.12. The SMILES string of the molecule is Cc1ccccc1NS(=O)(=O)c1cnc(Cl)s1. The van der Waals surface area contributed by atoms with Gasteiger partial charge < -0.3 is 0 Å². The van der Waals surface area contributed by atoms with Crippen molar-refractivity contribution < 1.29 is 8.42 Å². The van der Waals surface area contributed by atoms with Gasteiger partial charge in [-0.3, -0.25) is 4.72 Å². The summed E-state index contributed by atoms with van der Waals surface area (Å²) in [5, 5.41) is 0. The van der Waals surface area contributed by atoms with Crippen LogP contribution in [-0.2, 0) is 10.0 Å². The highest BCUT2D eigenvalue weighted by molar-refractivity contribution is 7.94. The summed E-state index contributed by atoms with van der Waals surface area (Å²) >= 11 is 6.54. The van der Waals surface area contributed by atoms with E-state index in [-0.39, 0.29) is 8.68 Å². The molecule has 17 heavy (non-hydrogen) atoms. The second kappa shape index (κ2) is 4.64. The van der Waals surface area contributed by atoms with Crippen molar-refractivity contribution in [2.45, 2.75) is 11.1 Å². The van der Waals surface area contributed by atoms with E-state index in [4.69, 9.17) is 11.6 Å². The average molecular weight is 289 g/mol. The molecular formula is C10H9ClN2O2S2. The lowest BCUT2D eigenvalue weighted by molar-refractivity contribution is 0.603. The maximum Gasteiger partial charge on any atom is 0.273 e. The first-order valence-electron chi connectivity index (χ1n) is 4.69. The maximum atomic E-state index is 12.0. The van der Waals surface area contributed by atoms with Crippen LogP contribution in [0.1, 0.15) is 5.56 Å². The van der Waals surface area contributed by atoms with Gasteiger partial charge in [0.05, 0.1) is 11.9 Å². The minimum atomic E-state index is -3.59. The number of aromatic nitrogens is 1. The Morgan fingerprint density at radius 3 is 2.65 bits per heavy atom. The molecule has 0 aliphatic rings. The van der Waals surface area contributed by atoms with E-state index in [0.717, 1.165) is 16.9 Å². The van der Waals surface area contributed by atoms with E-state index < -0.39 is 10.0 Å². The predicted octanol–water partition coefficient (Wildman–Crippen LogP) is 2.91. The number of thiazole rings is 1. The van der Waals surface area contributed by atoms with Crippen LogP contribution in [0.4, 0.5) is 5.69 Å². The summed E-state index contributed by atoms with van der Waals surface area (Å²) in [6.45, 7) is 1.83. The Bertz CT molecular complexity index is 637. The minimum Gasteiger partial charge on any atom is -0.279 e. The number of halogens is 1. The molecule has 1 heterocycles. The average Bonchev–Trinajstić information content (AvgIpc) is 2.69. The standard InChI is InChI=1S/C10H9ClN2O2S2/c1-7-4-2-3-5-8(7)13-17(14,15)9-6-12-10(11)16-9/h2-6,13H,1H3. The zero-order chi connectivity index (χ0) is 12.5. The van der Waals surface area contributed by atoms with Crippen LogP contribution >= 0.6 is 22.9 Å². The molecule has 0 aliphatic carbocycles. The Morgan fingerprint density at radius 1 is 1.35 bits per heavy atom. The third-order valence-corrected chi connectivity index (χ3v) is 5.05. The number of aryl methyl sites for hydroxylation is 1.